The summed E-state index contributed by atoms with van der Waals surface area (Å²) in [5, 5.41) is 13.0. The number of amides is 3. The molecule has 0 radical (unpaired) electrons. The molecule has 2 atom stereocenters. The van der Waals surface area contributed by atoms with Crippen LogP contribution < -0.4 is 16.4 Å². The molecule has 11 nitrogen and oxygen atoms in total. The average Bonchev–Trinajstić information content (AvgIpc) is 3.13. The van der Waals surface area contributed by atoms with Crippen molar-refractivity contribution in [2.24, 2.45) is 5.73 Å². The quantitative estimate of drug-likeness (QED) is 0.0693. The molecule has 0 saturated carbocycles. The molecule has 3 amide bonds. The van der Waals surface area contributed by atoms with Crippen molar-refractivity contribution in [2.45, 2.75) is 50.6 Å². The second kappa shape index (κ2) is 19.1. The van der Waals surface area contributed by atoms with E-state index in [0.717, 1.165) is 11.1 Å². The van der Waals surface area contributed by atoms with Crippen LogP contribution in [0.5, 0.6) is 0 Å². The van der Waals surface area contributed by atoms with Gasteiger partial charge in [0.25, 0.3) is 5.91 Å². The molecule has 0 aliphatic heterocycles. The number of nitrogens with one attached hydrogen (secondary N) is 3. The van der Waals surface area contributed by atoms with Crippen LogP contribution in [0.25, 0.3) is 0 Å². The normalized spacial score (nSPS) is 12.8. The minimum atomic E-state index is -0.815. The van der Waals surface area contributed by atoms with Crippen LogP contribution in [0.1, 0.15) is 54.6 Å². The highest BCUT2D eigenvalue weighted by Crippen LogP contribution is 2.44. The third-order valence-electron chi connectivity index (χ3n) is 8.98. The predicted molar refractivity (Wildman–Crippen MR) is 199 cm³/mol. The number of nitrogens with zero attached hydrogens (tertiary/aromatic N) is 3. The Kier molecular flexibility index (Phi) is 15.0. The maximum absolute atomic E-state index is 13.7. The van der Waals surface area contributed by atoms with E-state index in [4.69, 9.17) is 15.9 Å². The lowest BCUT2D eigenvalue weighted by atomic mass is 9.68. The number of guanidine groups is 1. The van der Waals surface area contributed by atoms with Crippen molar-refractivity contribution in [3.63, 3.8) is 0 Å². The number of carbonyl (C=O) groups excluding carboxylic acids is 3. The highest BCUT2D eigenvalue weighted by molar-refractivity contribution is 5.97. The molecule has 0 saturated heterocycles. The van der Waals surface area contributed by atoms with Gasteiger partial charge in [-0.1, -0.05) is 78.9 Å². The highest BCUT2D eigenvalue weighted by Gasteiger charge is 2.42. The Hall–Kier alpha value is -5.16. The van der Waals surface area contributed by atoms with Crippen LogP contribution in [0.3, 0.4) is 0 Å². The summed E-state index contributed by atoms with van der Waals surface area (Å²) in [5.41, 5.74) is 7.11. The molecular formula is C39H53N7O4. The zero-order valence-corrected chi connectivity index (χ0v) is 30.2. The average molecular weight is 684 g/mol. The number of ether oxygens (including phenoxy) is 1. The Morgan fingerprint density at radius 2 is 1.38 bits per heavy atom. The standard InChI is InChI=1S/C39H53N7O4/c1-7-34(39(28-29(2)44(3)4,31-20-13-9-14-21-31)32-22-15-10-16-23-32)50-38(49)46(6)27-26-45(5)36(48)33(24-17-25-42-37(40)41)43-35(47)30-18-11-8-12-19-30/h7-16,18-23,29,33H,17,24-28H2,1-6H3,(H,43,47)(H4,40,41,42)/b34-7-. The third kappa shape index (κ3) is 10.7. The molecule has 268 valence electrons. The summed E-state index contributed by atoms with van der Waals surface area (Å²) < 4.78 is 6.28. The first-order valence-electron chi connectivity index (χ1n) is 17.0. The first-order valence-corrected chi connectivity index (χ1v) is 17.0. The van der Waals surface area contributed by atoms with Crippen molar-refractivity contribution < 1.29 is 19.1 Å². The Morgan fingerprint density at radius 1 is 0.860 bits per heavy atom. The lowest BCUT2D eigenvalue weighted by molar-refractivity contribution is -0.132. The van der Waals surface area contributed by atoms with Crippen molar-refractivity contribution in [1.29, 1.82) is 5.41 Å². The van der Waals surface area contributed by atoms with E-state index in [2.05, 4.69) is 46.7 Å². The molecule has 0 bridgehead atoms. The van der Waals surface area contributed by atoms with E-state index in [9.17, 15) is 14.4 Å². The summed E-state index contributed by atoms with van der Waals surface area (Å²) in [4.78, 5) is 45.5. The van der Waals surface area contributed by atoms with E-state index in [1.54, 1.807) is 38.4 Å². The summed E-state index contributed by atoms with van der Waals surface area (Å²) in [5.74, 6) is -0.294. The van der Waals surface area contributed by atoms with Gasteiger partial charge >= 0.3 is 6.09 Å². The molecule has 0 aliphatic rings. The minimum absolute atomic E-state index is 0.134. The smallest absolute Gasteiger partial charge is 0.414 e. The maximum atomic E-state index is 13.7. The van der Waals surface area contributed by atoms with E-state index < -0.39 is 17.6 Å². The summed E-state index contributed by atoms with van der Waals surface area (Å²) in [6, 6.07) is 28.2. The van der Waals surface area contributed by atoms with Gasteiger partial charge in [0, 0.05) is 45.3 Å². The van der Waals surface area contributed by atoms with Crippen molar-refractivity contribution in [3.8, 4) is 0 Å². The molecule has 3 aromatic carbocycles. The van der Waals surface area contributed by atoms with Crippen LogP contribution >= 0.6 is 0 Å². The van der Waals surface area contributed by atoms with Crippen LogP contribution in [-0.2, 0) is 14.9 Å². The van der Waals surface area contributed by atoms with E-state index >= 15 is 0 Å². The molecule has 0 aromatic heterocycles. The number of allylic oxidation sites excluding steroid dienone is 2. The lowest BCUT2D eigenvalue weighted by Crippen LogP contribution is -2.49. The first kappa shape index (κ1) is 39.3. The van der Waals surface area contributed by atoms with E-state index in [1.807, 2.05) is 69.6 Å². The number of carbonyl (C=O) groups is 3. The summed E-state index contributed by atoms with van der Waals surface area (Å²) in [7, 11) is 7.37. The summed E-state index contributed by atoms with van der Waals surface area (Å²) in [6.07, 6.45) is 2.80. The Labute approximate surface area is 297 Å². The molecule has 3 rings (SSSR count). The van der Waals surface area contributed by atoms with Gasteiger partial charge in [0.1, 0.15) is 11.8 Å². The highest BCUT2D eigenvalue weighted by atomic mass is 16.6. The number of likely N-dealkylation sites (N-methyl/N-ethyl adjacent to an activating group) is 2. The predicted octanol–water partition coefficient (Wildman–Crippen LogP) is 4.81. The fourth-order valence-corrected chi connectivity index (χ4v) is 5.81. The molecule has 0 spiro atoms. The van der Waals surface area contributed by atoms with Crippen LogP contribution in [0.15, 0.2) is 103 Å². The fraction of sp³-hybridized carbons (Fsp3) is 0.385. The fourth-order valence-electron chi connectivity index (χ4n) is 5.81. The van der Waals surface area contributed by atoms with Crippen LogP contribution in [-0.4, -0.2) is 98.5 Å². The van der Waals surface area contributed by atoms with Gasteiger partial charge in [0.15, 0.2) is 5.96 Å². The summed E-state index contributed by atoms with van der Waals surface area (Å²) in [6.45, 7) is 4.82. The van der Waals surface area contributed by atoms with Gasteiger partial charge in [0.05, 0.1) is 5.41 Å². The SMILES string of the molecule is C/C=C(\OC(=O)N(C)CCN(C)C(=O)C(CCCNC(=N)N)NC(=O)c1ccccc1)C(CC(C)N(C)C)(c1ccccc1)c1ccccc1. The topological polar surface area (TPSA) is 144 Å². The molecule has 2 unspecified atom stereocenters. The van der Waals surface area contributed by atoms with E-state index in [1.165, 1.54) is 9.80 Å². The van der Waals surface area contributed by atoms with Gasteiger partial charge in [-0.05, 0) is 76.5 Å². The van der Waals surface area contributed by atoms with Crippen molar-refractivity contribution in [2.75, 3.05) is 47.8 Å². The third-order valence-corrected chi connectivity index (χ3v) is 8.98. The van der Waals surface area contributed by atoms with Crippen molar-refractivity contribution in [3.05, 3.63) is 120 Å². The Balaban J connectivity index is 1.78. The zero-order valence-electron chi connectivity index (χ0n) is 30.2. The van der Waals surface area contributed by atoms with Crippen LogP contribution in [0.4, 0.5) is 4.79 Å². The van der Waals surface area contributed by atoms with Crippen LogP contribution in [0.2, 0.25) is 0 Å². The van der Waals surface area contributed by atoms with Gasteiger partial charge in [-0.15, -0.1) is 0 Å². The minimum Gasteiger partial charge on any atom is -0.414 e. The second-order valence-electron chi connectivity index (χ2n) is 12.7. The van der Waals surface area contributed by atoms with Gasteiger partial charge in [-0.2, -0.15) is 0 Å². The molecule has 0 fully saturated rings. The number of rotatable bonds is 17. The zero-order chi connectivity index (χ0) is 36.7. The number of benzene rings is 3. The molecular weight excluding hydrogens is 630 g/mol. The molecule has 11 heteroatoms. The number of hydrogen-bond acceptors (Lipinski definition) is 6. The Morgan fingerprint density at radius 3 is 1.88 bits per heavy atom. The molecule has 0 heterocycles. The maximum Gasteiger partial charge on any atom is 0.414 e. The van der Waals surface area contributed by atoms with E-state index in [0.29, 0.717) is 37.1 Å². The van der Waals surface area contributed by atoms with Crippen LogP contribution in [0, 0.1) is 5.41 Å². The van der Waals surface area contributed by atoms with Gasteiger partial charge in [-0.25, -0.2) is 4.79 Å². The largest absolute Gasteiger partial charge is 0.414 e. The molecule has 3 aromatic rings. The monoisotopic (exact) mass is 683 g/mol. The second-order valence-corrected chi connectivity index (χ2v) is 12.7. The number of nitrogens with two attached hydrogens (primary N) is 1. The molecule has 0 aliphatic carbocycles. The van der Waals surface area contributed by atoms with Gasteiger partial charge in [-0.3, -0.25) is 15.0 Å². The Bertz CT molecular complexity index is 1530. The lowest BCUT2D eigenvalue weighted by Gasteiger charge is -2.40. The summed E-state index contributed by atoms with van der Waals surface area (Å²) >= 11 is 0. The number of hydrogen-bond donors (Lipinski definition) is 4. The van der Waals surface area contributed by atoms with Crippen molar-refractivity contribution in [1.82, 2.24) is 25.3 Å². The van der Waals surface area contributed by atoms with E-state index in [-0.39, 0.29) is 36.9 Å². The molecule has 50 heavy (non-hydrogen) atoms. The first-order chi connectivity index (χ1) is 23.9. The van der Waals surface area contributed by atoms with Crippen molar-refractivity contribution >= 4 is 23.9 Å². The molecule has 5 N–H and O–H groups in total. The van der Waals surface area contributed by atoms with Gasteiger partial charge in [0.2, 0.25) is 5.91 Å². The van der Waals surface area contributed by atoms with Gasteiger partial charge < -0.3 is 35.8 Å².